The summed E-state index contributed by atoms with van der Waals surface area (Å²) in [6.45, 7) is 5.54. The number of ether oxygens (including phenoxy) is 3. The van der Waals surface area contributed by atoms with Gasteiger partial charge in [0.05, 0.1) is 25.5 Å². The van der Waals surface area contributed by atoms with Crippen molar-refractivity contribution in [3.63, 3.8) is 0 Å². The highest BCUT2D eigenvalue weighted by Gasteiger charge is 2.22. The van der Waals surface area contributed by atoms with Crippen molar-refractivity contribution < 1.29 is 33.0 Å². The van der Waals surface area contributed by atoms with Crippen LogP contribution in [0.5, 0.6) is 5.75 Å². The van der Waals surface area contributed by atoms with Gasteiger partial charge in [0.15, 0.2) is 0 Å². The minimum absolute atomic E-state index is 0.0418. The first-order chi connectivity index (χ1) is 15.1. The number of halogens is 1. The van der Waals surface area contributed by atoms with Crippen LogP contribution in [0.1, 0.15) is 57.6 Å². The maximum absolute atomic E-state index is 14.1. The molecule has 0 bridgehead atoms. The molecule has 0 atom stereocenters. The van der Waals surface area contributed by atoms with Gasteiger partial charge >= 0.3 is 11.9 Å². The van der Waals surface area contributed by atoms with Gasteiger partial charge in [-0.25, -0.2) is 4.39 Å². The number of carbonyl (C=O) groups is 3. The number of allylic oxidation sites excluding steroid dienone is 2. The Balaban J connectivity index is 2.67. The summed E-state index contributed by atoms with van der Waals surface area (Å²) in [5, 5.41) is 0. The summed E-state index contributed by atoms with van der Waals surface area (Å²) in [7, 11) is 2.78. The highest BCUT2D eigenvalue weighted by molar-refractivity contribution is 5.95. The van der Waals surface area contributed by atoms with Crippen molar-refractivity contribution in [1.29, 1.82) is 0 Å². The van der Waals surface area contributed by atoms with Gasteiger partial charge in [0.2, 0.25) is 0 Å². The molecule has 6 nitrogen and oxygen atoms in total. The molecule has 1 aromatic carbocycles. The number of aryl methyl sites for hydroxylation is 1. The third-order valence-corrected chi connectivity index (χ3v) is 4.56. The molecular weight excluding hydrogens is 415 g/mol. The van der Waals surface area contributed by atoms with E-state index in [0.29, 0.717) is 18.6 Å². The normalized spacial score (nSPS) is 12.0. The van der Waals surface area contributed by atoms with Gasteiger partial charge in [0, 0.05) is 12.8 Å². The number of hydrogen-bond donors (Lipinski definition) is 0. The second-order valence-electron chi connectivity index (χ2n) is 8.30. The molecule has 0 heterocycles. The molecule has 0 aliphatic carbocycles. The Labute approximate surface area is 189 Å². The van der Waals surface area contributed by atoms with Crippen molar-refractivity contribution in [3.8, 4) is 5.75 Å². The standard InChI is InChI=1S/C25H33FO6/c1-25(2,3)24(29)32-15-7-9-18-11-14-22(30-4)16-19(18)8-6-10-20(26)12-13-21(27)17-23(28)31-5/h7,9-11,14,16H,6,8,12-13,15,17H2,1-5H3/b9-7+,20-10+. The number of benzene rings is 1. The highest BCUT2D eigenvalue weighted by atomic mass is 19.1. The molecule has 0 saturated heterocycles. The van der Waals surface area contributed by atoms with Crippen molar-refractivity contribution >= 4 is 23.8 Å². The summed E-state index contributed by atoms with van der Waals surface area (Å²) in [4.78, 5) is 34.5. The lowest BCUT2D eigenvalue weighted by Crippen LogP contribution is -2.22. The maximum atomic E-state index is 14.1. The van der Waals surface area contributed by atoms with Crippen LogP contribution in [0.15, 0.2) is 36.2 Å². The van der Waals surface area contributed by atoms with Gasteiger partial charge in [-0.3, -0.25) is 14.4 Å². The molecule has 0 amide bonds. The highest BCUT2D eigenvalue weighted by Crippen LogP contribution is 2.22. The van der Waals surface area contributed by atoms with Crippen LogP contribution < -0.4 is 4.74 Å². The van der Waals surface area contributed by atoms with E-state index in [-0.39, 0.29) is 37.6 Å². The lowest BCUT2D eigenvalue weighted by Gasteiger charge is -2.15. The zero-order valence-electron chi connectivity index (χ0n) is 19.5. The zero-order valence-corrected chi connectivity index (χ0v) is 19.5. The third-order valence-electron chi connectivity index (χ3n) is 4.56. The first-order valence-electron chi connectivity index (χ1n) is 10.5. The molecule has 7 heteroatoms. The van der Waals surface area contributed by atoms with Crippen molar-refractivity contribution in [1.82, 2.24) is 0 Å². The lowest BCUT2D eigenvalue weighted by atomic mass is 9.97. The molecule has 0 N–H and O–H groups in total. The van der Waals surface area contributed by atoms with E-state index in [2.05, 4.69) is 4.74 Å². The Morgan fingerprint density at radius 1 is 1.09 bits per heavy atom. The molecule has 176 valence electrons. The Hall–Kier alpha value is -2.96. The molecule has 0 unspecified atom stereocenters. The smallest absolute Gasteiger partial charge is 0.313 e. The van der Waals surface area contributed by atoms with E-state index in [1.807, 2.05) is 24.3 Å². The quantitative estimate of drug-likeness (QED) is 0.331. The first-order valence-corrected chi connectivity index (χ1v) is 10.5. The van der Waals surface area contributed by atoms with Crippen molar-refractivity contribution in [2.75, 3.05) is 20.8 Å². The van der Waals surface area contributed by atoms with Crippen molar-refractivity contribution in [3.05, 3.63) is 47.3 Å². The van der Waals surface area contributed by atoms with Crippen LogP contribution in [0, 0.1) is 5.41 Å². The Bertz CT molecular complexity index is 848. The molecule has 0 saturated carbocycles. The third kappa shape index (κ3) is 10.4. The molecule has 0 spiro atoms. The summed E-state index contributed by atoms with van der Waals surface area (Å²) in [5.41, 5.74) is 1.31. The molecule has 0 radical (unpaired) electrons. The zero-order chi connectivity index (χ0) is 24.1. The summed E-state index contributed by atoms with van der Waals surface area (Å²) >= 11 is 0. The molecule has 0 fully saturated rings. The first kappa shape index (κ1) is 27.1. The van der Waals surface area contributed by atoms with E-state index in [1.54, 1.807) is 34.0 Å². The fourth-order valence-corrected chi connectivity index (χ4v) is 2.67. The Morgan fingerprint density at radius 2 is 1.81 bits per heavy atom. The lowest BCUT2D eigenvalue weighted by molar-refractivity contribution is -0.151. The monoisotopic (exact) mass is 448 g/mol. The second-order valence-corrected chi connectivity index (χ2v) is 8.30. The largest absolute Gasteiger partial charge is 0.497 e. The van der Waals surface area contributed by atoms with Crippen molar-refractivity contribution in [2.45, 2.75) is 52.9 Å². The number of methoxy groups -OCH3 is 2. The van der Waals surface area contributed by atoms with E-state index in [1.165, 1.54) is 13.2 Å². The minimum atomic E-state index is -0.619. The number of Topliss-reactive ketones (excluding diaryl/α,β-unsaturated/α-hetero) is 1. The van der Waals surface area contributed by atoms with Gasteiger partial charge in [-0.2, -0.15) is 0 Å². The predicted molar refractivity (Wildman–Crippen MR) is 121 cm³/mol. The van der Waals surface area contributed by atoms with Gasteiger partial charge in [0.1, 0.15) is 24.6 Å². The fraction of sp³-hybridized carbons (Fsp3) is 0.480. The molecule has 1 aromatic rings. The average Bonchev–Trinajstić information content (AvgIpc) is 2.74. The molecule has 1 rings (SSSR count). The summed E-state index contributed by atoms with van der Waals surface area (Å²) in [6.07, 6.45) is 5.64. The van der Waals surface area contributed by atoms with Gasteiger partial charge in [-0.05, 0) is 62.9 Å². The fourth-order valence-electron chi connectivity index (χ4n) is 2.67. The number of ketones is 1. The van der Waals surface area contributed by atoms with Crippen LogP contribution in [0.2, 0.25) is 0 Å². The number of rotatable bonds is 12. The molecule has 0 aromatic heterocycles. The van der Waals surface area contributed by atoms with Gasteiger partial charge < -0.3 is 14.2 Å². The SMILES string of the molecule is COC(=O)CC(=O)CC/C(F)=C\CCc1cc(OC)ccc1/C=C/COC(=O)C(C)(C)C. The molecular formula is C25H33FO6. The van der Waals surface area contributed by atoms with Gasteiger partial charge in [-0.1, -0.05) is 18.2 Å². The number of esters is 2. The van der Waals surface area contributed by atoms with Crippen LogP contribution in [0.3, 0.4) is 0 Å². The summed E-state index contributed by atoms with van der Waals surface area (Å²) in [6, 6.07) is 5.60. The average molecular weight is 449 g/mol. The topological polar surface area (TPSA) is 78.9 Å². The van der Waals surface area contributed by atoms with Crippen LogP contribution in [-0.2, 0) is 30.3 Å². The summed E-state index contributed by atoms with van der Waals surface area (Å²) < 4.78 is 29.0. The minimum Gasteiger partial charge on any atom is -0.497 e. The predicted octanol–water partition coefficient (Wildman–Crippen LogP) is 5.00. The van der Waals surface area contributed by atoms with Crippen molar-refractivity contribution in [2.24, 2.45) is 5.41 Å². The second kappa shape index (κ2) is 13.5. The van der Waals surface area contributed by atoms with Crippen LogP contribution >= 0.6 is 0 Å². The molecule has 32 heavy (non-hydrogen) atoms. The number of carbonyl (C=O) groups excluding carboxylic acids is 3. The van der Waals surface area contributed by atoms with E-state index < -0.39 is 17.2 Å². The van der Waals surface area contributed by atoms with E-state index in [4.69, 9.17) is 9.47 Å². The van der Waals surface area contributed by atoms with Gasteiger partial charge in [-0.15, -0.1) is 0 Å². The van der Waals surface area contributed by atoms with Crippen LogP contribution in [0.4, 0.5) is 4.39 Å². The molecule has 0 aliphatic rings. The van der Waals surface area contributed by atoms with E-state index >= 15 is 0 Å². The van der Waals surface area contributed by atoms with Crippen LogP contribution in [0.25, 0.3) is 6.08 Å². The van der Waals surface area contributed by atoms with Crippen LogP contribution in [-0.4, -0.2) is 38.5 Å². The molecule has 0 aliphatic heterocycles. The maximum Gasteiger partial charge on any atom is 0.313 e. The Kier molecular flexibility index (Phi) is 11.4. The Morgan fingerprint density at radius 3 is 2.44 bits per heavy atom. The summed E-state index contributed by atoms with van der Waals surface area (Å²) in [5.74, 6) is -0.951. The van der Waals surface area contributed by atoms with E-state index in [9.17, 15) is 18.8 Å². The number of hydrogen-bond acceptors (Lipinski definition) is 6. The van der Waals surface area contributed by atoms with E-state index in [0.717, 1.165) is 11.1 Å². The van der Waals surface area contributed by atoms with Gasteiger partial charge in [0.25, 0.3) is 0 Å².